The molecule has 1 N–H and O–H groups in total. The third kappa shape index (κ3) is 1.55. The highest BCUT2D eigenvalue weighted by molar-refractivity contribution is 5.79. The summed E-state index contributed by atoms with van der Waals surface area (Å²) in [4.78, 5) is 11.8. The second-order valence-electron chi connectivity index (χ2n) is 5.95. The third-order valence-corrected chi connectivity index (χ3v) is 4.41. The van der Waals surface area contributed by atoms with Gasteiger partial charge in [-0.25, -0.2) is 0 Å². The number of hydrogen-bond acceptors (Lipinski definition) is 1. The van der Waals surface area contributed by atoms with E-state index in [2.05, 4.69) is 12.2 Å². The Labute approximate surface area is 85.4 Å². The SMILES string of the molecule is CC1(CNC(=O)C2CC3CC3C2)CC1. The Hall–Kier alpha value is -0.530. The molecule has 0 spiro atoms. The van der Waals surface area contributed by atoms with E-state index in [1.165, 1.54) is 32.1 Å². The van der Waals surface area contributed by atoms with E-state index >= 15 is 0 Å². The monoisotopic (exact) mass is 193 g/mol. The largest absolute Gasteiger partial charge is 0.355 e. The summed E-state index contributed by atoms with van der Waals surface area (Å²) < 4.78 is 0. The maximum Gasteiger partial charge on any atom is 0.223 e. The van der Waals surface area contributed by atoms with E-state index in [9.17, 15) is 4.79 Å². The van der Waals surface area contributed by atoms with Crippen LogP contribution in [0.15, 0.2) is 0 Å². The van der Waals surface area contributed by atoms with Crippen molar-refractivity contribution in [2.45, 2.75) is 39.0 Å². The predicted octanol–water partition coefficient (Wildman–Crippen LogP) is 1.95. The lowest BCUT2D eigenvalue weighted by molar-refractivity contribution is -0.125. The molecule has 2 atom stereocenters. The second-order valence-corrected chi connectivity index (χ2v) is 5.95. The standard InChI is InChI=1S/C12H19NO/c1-12(2-3-12)7-13-11(14)10-5-8-4-9(8)6-10/h8-10H,2-7H2,1H3,(H,13,14). The van der Waals surface area contributed by atoms with Gasteiger partial charge in [0.1, 0.15) is 0 Å². The quantitative estimate of drug-likeness (QED) is 0.729. The first-order valence-corrected chi connectivity index (χ1v) is 5.94. The van der Waals surface area contributed by atoms with Crippen LogP contribution in [0.25, 0.3) is 0 Å². The zero-order valence-electron chi connectivity index (χ0n) is 8.88. The van der Waals surface area contributed by atoms with Crippen molar-refractivity contribution in [3.05, 3.63) is 0 Å². The van der Waals surface area contributed by atoms with E-state index < -0.39 is 0 Å². The summed E-state index contributed by atoms with van der Waals surface area (Å²) in [6.07, 6.45) is 6.34. The van der Waals surface area contributed by atoms with Crippen LogP contribution in [0.5, 0.6) is 0 Å². The molecule has 2 heteroatoms. The Morgan fingerprint density at radius 3 is 2.50 bits per heavy atom. The first-order valence-electron chi connectivity index (χ1n) is 5.94. The molecular weight excluding hydrogens is 174 g/mol. The fourth-order valence-corrected chi connectivity index (χ4v) is 2.76. The van der Waals surface area contributed by atoms with Crippen LogP contribution < -0.4 is 5.32 Å². The van der Waals surface area contributed by atoms with E-state index in [-0.39, 0.29) is 0 Å². The molecule has 3 aliphatic rings. The van der Waals surface area contributed by atoms with Crippen LogP contribution in [-0.4, -0.2) is 12.5 Å². The fourth-order valence-electron chi connectivity index (χ4n) is 2.76. The lowest BCUT2D eigenvalue weighted by Crippen LogP contribution is -2.33. The molecule has 0 aromatic carbocycles. The number of nitrogens with one attached hydrogen (secondary N) is 1. The minimum absolute atomic E-state index is 0.338. The average Bonchev–Trinajstić information content (AvgIpc) is 3.05. The third-order valence-electron chi connectivity index (χ3n) is 4.41. The van der Waals surface area contributed by atoms with Gasteiger partial charge in [0.2, 0.25) is 5.91 Å². The van der Waals surface area contributed by atoms with Gasteiger partial charge in [0.25, 0.3) is 0 Å². The number of rotatable bonds is 3. The highest BCUT2D eigenvalue weighted by Crippen LogP contribution is 2.54. The van der Waals surface area contributed by atoms with Crippen molar-refractivity contribution in [3.63, 3.8) is 0 Å². The van der Waals surface area contributed by atoms with Crippen LogP contribution in [0.1, 0.15) is 39.0 Å². The van der Waals surface area contributed by atoms with Crippen molar-refractivity contribution >= 4 is 5.91 Å². The molecule has 0 aromatic heterocycles. The number of carbonyl (C=O) groups is 1. The molecule has 0 radical (unpaired) electrons. The van der Waals surface area contributed by atoms with Crippen LogP contribution in [0.4, 0.5) is 0 Å². The smallest absolute Gasteiger partial charge is 0.223 e. The summed E-state index contributed by atoms with van der Waals surface area (Å²) in [6.45, 7) is 3.18. The summed E-state index contributed by atoms with van der Waals surface area (Å²) in [5, 5.41) is 3.13. The minimum Gasteiger partial charge on any atom is -0.355 e. The van der Waals surface area contributed by atoms with Gasteiger partial charge in [0.05, 0.1) is 0 Å². The molecule has 3 saturated carbocycles. The maximum atomic E-state index is 11.8. The Bertz CT molecular complexity index is 259. The van der Waals surface area contributed by atoms with Gasteiger partial charge in [-0.2, -0.15) is 0 Å². The first-order chi connectivity index (χ1) is 6.66. The first kappa shape index (κ1) is 8.75. The van der Waals surface area contributed by atoms with Crippen LogP contribution in [0.2, 0.25) is 0 Å². The summed E-state index contributed by atoms with van der Waals surface area (Å²) in [7, 11) is 0. The van der Waals surface area contributed by atoms with Gasteiger partial charge in [0, 0.05) is 12.5 Å². The number of hydrogen-bond donors (Lipinski definition) is 1. The summed E-state index contributed by atoms with van der Waals surface area (Å²) >= 11 is 0. The van der Waals surface area contributed by atoms with Gasteiger partial charge in [-0.15, -0.1) is 0 Å². The zero-order chi connectivity index (χ0) is 9.76. The van der Waals surface area contributed by atoms with Crippen LogP contribution in [0.3, 0.4) is 0 Å². The molecule has 2 nitrogen and oxygen atoms in total. The molecule has 3 rings (SSSR count). The maximum absolute atomic E-state index is 11.8. The van der Waals surface area contributed by atoms with Crippen LogP contribution in [0, 0.1) is 23.2 Å². The Morgan fingerprint density at radius 2 is 1.93 bits per heavy atom. The van der Waals surface area contributed by atoms with Crippen molar-refractivity contribution in [1.82, 2.24) is 5.32 Å². The fraction of sp³-hybridized carbons (Fsp3) is 0.917. The molecular formula is C12H19NO. The molecule has 3 aliphatic carbocycles. The van der Waals surface area contributed by atoms with Gasteiger partial charge < -0.3 is 5.32 Å². The highest BCUT2D eigenvalue weighted by Gasteiger charge is 2.48. The molecule has 0 aromatic rings. The van der Waals surface area contributed by atoms with Crippen molar-refractivity contribution in [2.24, 2.45) is 23.2 Å². The normalized spacial score (nSPS) is 41.6. The predicted molar refractivity (Wildman–Crippen MR) is 54.7 cm³/mol. The molecule has 2 unspecified atom stereocenters. The molecule has 1 amide bonds. The van der Waals surface area contributed by atoms with Crippen LogP contribution >= 0.6 is 0 Å². The van der Waals surface area contributed by atoms with Gasteiger partial charge in [-0.05, 0) is 49.4 Å². The van der Waals surface area contributed by atoms with E-state index in [1.54, 1.807) is 0 Å². The van der Waals surface area contributed by atoms with E-state index in [0.717, 1.165) is 18.4 Å². The van der Waals surface area contributed by atoms with Crippen molar-refractivity contribution in [3.8, 4) is 0 Å². The minimum atomic E-state index is 0.338. The second kappa shape index (κ2) is 2.74. The van der Waals surface area contributed by atoms with Crippen molar-refractivity contribution in [1.29, 1.82) is 0 Å². The van der Waals surface area contributed by atoms with Crippen molar-refractivity contribution in [2.75, 3.05) is 6.54 Å². The Kier molecular flexibility index (Phi) is 1.71. The number of carbonyl (C=O) groups excluding carboxylic acids is 1. The van der Waals surface area contributed by atoms with Gasteiger partial charge >= 0.3 is 0 Å². The average molecular weight is 193 g/mol. The Morgan fingerprint density at radius 1 is 1.29 bits per heavy atom. The molecule has 0 bridgehead atoms. The number of amides is 1. The van der Waals surface area contributed by atoms with E-state index in [1.807, 2.05) is 0 Å². The lowest BCUT2D eigenvalue weighted by atomic mass is 10.0. The molecule has 0 aliphatic heterocycles. The van der Waals surface area contributed by atoms with Crippen LogP contribution in [-0.2, 0) is 4.79 Å². The summed E-state index contributed by atoms with van der Waals surface area (Å²) in [5.74, 6) is 2.54. The highest BCUT2D eigenvalue weighted by atomic mass is 16.1. The van der Waals surface area contributed by atoms with E-state index in [0.29, 0.717) is 17.2 Å². The van der Waals surface area contributed by atoms with Gasteiger partial charge in [-0.3, -0.25) is 4.79 Å². The Balaban J connectivity index is 1.46. The van der Waals surface area contributed by atoms with Crippen molar-refractivity contribution < 1.29 is 4.79 Å². The lowest BCUT2D eigenvalue weighted by Gasteiger charge is -2.14. The molecule has 78 valence electrons. The summed E-state index contributed by atoms with van der Waals surface area (Å²) in [6, 6.07) is 0. The van der Waals surface area contributed by atoms with Gasteiger partial charge in [0.15, 0.2) is 0 Å². The topological polar surface area (TPSA) is 29.1 Å². The van der Waals surface area contributed by atoms with Gasteiger partial charge in [-0.1, -0.05) is 6.92 Å². The number of fused-ring (bicyclic) bond motifs is 1. The molecule has 0 heterocycles. The molecule has 14 heavy (non-hydrogen) atoms. The van der Waals surface area contributed by atoms with E-state index in [4.69, 9.17) is 0 Å². The molecule has 0 saturated heterocycles. The summed E-state index contributed by atoms with van der Waals surface area (Å²) in [5.41, 5.74) is 0.456. The molecule has 3 fully saturated rings. The zero-order valence-corrected chi connectivity index (χ0v) is 8.88.